The predicted molar refractivity (Wildman–Crippen MR) is 108 cm³/mol. The monoisotopic (exact) mass is 424 g/mol. The topological polar surface area (TPSA) is 35.5 Å². The Morgan fingerprint density at radius 2 is 1.74 bits per heavy atom. The molecule has 0 heterocycles. The largest absolute Gasteiger partial charge is 0.457 e. The highest BCUT2D eigenvalue weighted by Gasteiger charge is 2.61. The van der Waals surface area contributed by atoms with E-state index in [1.54, 1.807) is 24.3 Å². The van der Waals surface area contributed by atoms with Crippen molar-refractivity contribution in [1.29, 1.82) is 0 Å². The second-order valence-electron chi connectivity index (χ2n) is 7.02. The predicted octanol–water partition coefficient (Wildman–Crippen LogP) is 6.85. The summed E-state index contributed by atoms with van der Waals surface area (Å²) in [6.07, 6.45) is 1.67. The Morgan fingerprint density at radius 3 is 2.41 bits per heavy atom. The third-order valence-corrected chi connectivity index (χ3v) is 5.38. The molecule has 0 aliphatic heterocycles. The van der Waals surface area contributed by atoms with Gasteiger partial charge < -0.3 is 9.47 Å². The zero-order chi connectivity index (χ0) is 19.6. The zero-order valence-electron chi connectivity index (χ0n) is 14.9. The van der Waals surface area contributed by atoms with Crippen molar-refractivity contribution in [3.63, 3.8) is 0 Å². The zero-order valence-corrected chi connectivity index (χ0v) is 17.1. The molecule has 2 aromatic rings. The standard InChI is InChI=1S/C21H19Cl3O3/c1-21(2)16(12-17(22)23)18(21)20(25)27-19(24)13-7-6-10-15(11-13)26-14-8-4-3-5-9-14/h3-12,16,18-19H,1-2H3. The molecule has 142 valence electrons. The second kappa shape index (κ2) is 8.14. The maximum Gasteiger partial charge on any atom is 0.311 e. The Bertz CT molecular complexity index is 845. The Labute approximate surface area is 173 Å². The van der Waals surface area contributed by atoms with E-state index in [4.69, 9.17) is 44.3 Å². The van der Waals surface area contributed by atoms with Crippen LogP contribution in [0.5, 0.6) is 11.5 Å². The van der Waals surface area contributed by atoms with Crippen molar-refractivity contribution in [2.24, 2.45) is 17.3 Å². The van der Waals surface area contributed by atoms with Gasteiger partial charge in [-0.05, 0) is 41.7 Å². The number of hydrogen-bond acceptors (Lipinski definition) is 3. The van der Waals surface area contributed by atoms with Crippen LogP contribution >= 0.6 is 34.8 Å². The number of carbonyl (C=O) groups is 1. The fourth-order valence-corrected chi connectivity index (χ4v) is 3.66. The number of hydrogen-bond donors (Lipinski definition) is 0. The number of esters is 1. The molecule has 1 aliphatic rings. The molecule has 1 fully saturated rings. The van der Waals surface area contributed by atoms with Crippen molar-refractivity contribution in [3.05, 3.63) is 70.7 Å². The van der Waals surface area contributed by atoms with Crippen molar-refractivity contribution in [1.82, 2.24) is 0 Å². The van der Waals surface area contributed by atoms with Crippen LogP contribution in [0.4, 0.5) is 0 Å². The quantitative estimate of drug-likeness (QED) is 0.375. The fraction of sp³-hybridized carbons (Fsp3) is 0.286. The minimum Gasteiger partial charge on any atom is -0.457 e. The lowest BCUT2D eigenvalue weighted by atomic mass is 10.1. The second-order valence-corrected chi connectivity index (χ2v) is 8.43. The summed E-state index contributed by atoms with van der Waals surface area (Å²) in [5.74, 6) is 0.568. The van der Waals surface area contributed by atoms with Gasteiger partial charge in [-0.15, -0.1) is 0 Å². The number of alkyl halides is 1. The number of rotatable bonds is 6. The third-order valence-electron chi connectivity index (χ3n) is 4.79. The number of halogens is 3. The highest BCUT2D eigenvalue weighted by atomic mass is 35.5. The van der Waals surface area contributed by atoms with Gasteiger partial charge in [-0.1, -0.05) is 79.0 Å². The lowest BCUT2D eigenvalue weighted by Crippen LogP contribution is -2.12. The summed E-state index contributed by atoms with van der Waals surface area (Å²) < 4.78 is 11.4. The number of allylic oxidation sites excluding steroid dienone is 1. The maximum atomic E-state index is 12.5. The van der Waals surface area contributed by atoms with Crippen LogP contribution in [0, 0.1) is 17.3 Å². The van der Waals surface area contributed by atoms with Crippen molar-refractivity contribution in [2.45, 2.75) is 19.4 Å². The first-order valence-corrected chi connectivity index (χ1v) is 9.68. The molecule has 3 rings (SSSR count). The normalized spacial score (nSPS) is 21.1. The van der Waals surface area contributed by atoms with Gasteiger partial charge in [-0.3, -0.25) is 4.79 Å². The van der Waals surface area contributed by atoms with Crippen LogP contribution in [-0.2, 0) is 9.53 Å². The molecular formula is C21H19Cl3O3. The van der Waals surface area contributed by atoms with Gasteiger partial charge in [-0.25, -0.2) is 0 Å². The number of benzene rings is 2. The SMILES string of the molecule is CC1(C)C(C=C(Cl)Cl)C1C(=O)OC(Cl)c1cccc(Oc2ccccc2)c1. The van der Waals surface area contributed by atoms with E-state index in [-0.39, 0.29) is 27.7 Å². The van der Waals surface area contributed by atoms with Crippen molar-refractivity contribution in [2.75, 3.05) is 0 Å². The van der Waals surface area contributed by atoms with Crippen molar-refractivity contribution >= 4 is 40.8 Å². The minimum atomic E-state index is -0.913. The molecule has 0 radical (unpaired) electrons. The number of carbonyl (C=O) groups excluding carboxylic acids is 1. The number of ether oxygens (including phenoxy) is 2. The van der Waals surface area contributed by atoms with Crippen LogP contribution in [0.3, 0.4) is 0 Å². The third kappa shape index (κ3) is 4.78. The van der Waals surface area contributed by atoms with Crippen LogP contribution in [0.2, 0.25) is 0 Å². The maximum absolute atomic E-state index is 12.5. The van der Waals surface area contributed by atoms with Gasteiger partial charge in [0.25, 0.3) is 0 Å². The summed E-state index contributed by atoms with van der Waals surface area (Å²) in [5.41, 5.74) is -0.537. The number of para-hydroxylation sites is 1. The smallest absolute Gasteiger partial charge is 0.311 e. The van der Waals surface area contributed by atoms with Gasteiger partial charge >= 0.3 is 5.97 Å². The van der Waals surface area contributed by atoms with Gasteiger partial charge in [0.05, 0.1) is 5.92 Å². The molecule has 2 aromatic carbocycles. The minimum absolute atomic E-state index is 0.0633. The Kier molecular flexibility index (Phi) is 6.05. The molecule has 6 heteroatoms. The van der Waals surface area contributed by atoms with E-state index in [1.807, 2.05) is 50.2 Å². The van der Waals surface area contributed by atoms with E-state index < -0.39 is 5.56 Å². The van der Waals surface area contributed by atoms with Crippen LogP contribution in [0.1, 0.15) is 25.0 Å². The molecule has 0 aromatic heterocycles. The molecule has 0 saturated heterocycles. The first kappa shape index (κ1) is 20.1. The average molecular weight is 426 g/mol. The van der Waals surface area contributed by atoms with Gasteiger partial charge in [0.2, 0.25) is 5.56 Å². The van der Waals surface area contributed by atoms with Crippen LogP contribution in [-0.4, -0.2) is 5.97 Å². The van der Waals surface area contributed by atoms with Gasteiger partial charge in [0, 0.05) is 5.56 Å². The molecule has 0 bridgehead atoms. The summed E-state index contributed by atoms with van der Waals surface area (Å²) in [4.78, 5) is 12.5. The molecule has 1 saturated carbocycles. The molecule has 1 aliphatic carbocycles. The van der Waals surface area contributed by atoms with Gasteiger partial charge in [-0.2, -0.15) is 0 Å². The molecule has 0 spiro atoms. The highest BCUT2D eigenvalue weighted by Crippen LogP contribution is 2.60. The Morgan fingerprint density at radius 1 is 1.07 bits per heavy atom. The Balaban J connectivity index is 1.66. The lowest BCUT2D eigenvalue weighted by molar-refractivity contribution is -0.148. The Hall–Kier alpha value is -1.68. The first-order valence-electron chi connectivity index (χ1n) is 8.49. The van der Waals surface area contributed by atoms with Crippen molar-refractivity contribution in [3.8, 4) is 11.5 Å². The average Bonchev–Trinajstić information content (AvgIpc) is 3.15. The molecule has 3 nitrogen and oxygen atoms in total. The summed E-state index contributed by atoms with van der Waals surface area (Å²) in [6.45, 7) is 3.93. The van der Waals surface area contributed by atoms with E-state index in [0.29, 0.717) is 17.1 Å². The fourth-order valence-electron chi connectivity index (χ4n) is 3.16. The van der Waals surface area contributed by atoms with Crippen molar-refractivity contribution < 1.29 is 14.3 Å². The molecule has 3 atom stereocenters. The van der Waals surface area contributed by atoms with E-state index in [1.165, 1.54) is 0 Å². The summed E-state index contributed by atoms with van der Waals surface area (Å²) >= 11 is 17.8. The molecule has 0 N–H and O–H groups in total. The summed E-state index contributed by atoms with van der Waals surface area (Å²) in [6, 6.07) is 16.6. The van der Waals surface area contributed by atoms with Crippen LogP contribution < -0.4 is 4.74 Å². The van der Waals surface area contributed by atoms with E-state index in [2.05, 4.69) is 0 Å². The van der Waals surface area contributed by atoms with E-state index >= 15 is 0 Å². The molecule has 3 unspecified atom stereocenters. The molecule has 0 amide bonds. The van der Waals surface area contributed by atoms with Gasteiger partial charge in [0.1, 0.15) is 16.0 Å². The van der Waals surface area contributed by atoms with Crippen LogP contribution in [0.25, 0.3) is 0 Å². The first-order chi connectivity index (χ1) is 12.8. The van der Waals surface area contributed by atoms with Gasteiger partial charge in [0.15, 0.2) is 0 Å². The lowest BCUT2D eigenvalue weighted by Gasteiger charge is -2.14. The summed E-state index contributed by atoms with van der Waals surface area (Å²) in [5, 5.41) is 0. The molecule has 27 heavy (non-hydrogen) atoms. The highest BCUT2D eigenvalue weighted by molar-refractivity contribution is 6.55. The summed E-state index contributed by atoms with van der Waals surface area (Å²) in [7, 11) is 0. The van der Waals surface area contributed by atoms with E-state index in [0.717, 1.165) is 0 Å². The molecular weight excluding hydrogens is 407 g/mol. The van der Waals surface area contributed by atoms with E-state index in [9.17, 15) is 4.79 Å². The van der Waals surface area contributed by atoms with Crippen LogP contribution in [0.15, 0.2) is 65.2 Å².